The number of aliphatic carboxylic acids is 1. The van der Waals surface area contributed by atoms with Gasteiger partial charge in [-0.25, -0.2) is 8.78 Å². The molecule has 0 heterocycles. The van der Waals surface area contributed by atoms with Gasteiger partial charge in [0.25, 0.3) is 0 Å². The molecule has 2 atom stereocenters. The molecule has 0 saturated carbocycles. The average Bonchev–Trinajstić information content (AvgIpc) is 2.21. The fraction of sp³-hybridized carbons (Fsp3) is 0.364. The van der Waals surface area contributed by atoms with E-state index >= 15 is 0 Å². The first-order valence-electron chi connectivity index (χ1n) is 5.05. The lowest BCUT2D eigenvalue weighted by Crippen LogP contribution is -2.38. The summed E-state index contributed by atoms with van der Waals surface area (Å²) >= 11 is 0. The van der Waals surface area contributed by atoms with E-state index in [1.54, 1.807) is 0 Å². The smallest absolute Gasteiger partial charge is 0.304 e. The normalized spacial score (nSPS) is 14.4. The number of carboxylic acids is 1. The second-order valence-corrected chi connectivity index (χ2v) is 3.69. The molecular formula is C11H14F2N2O2. The van der Waals surface area contributed by atoms with Crippen molar-refractivity contribution in [3.63, 3.8) is 0 Å². The fourth-order valence-corrected chi connectivity index (χ4v) is 1.67. The van der Waals surface area contributed by atoms with Crippen LogP contribution in [-0.2, 0) is 4.79 Å². The second-order valence-electron chi connectivity index (χ2n) is 3.69. The number of hydrogen-bond acceptors (Lipinski definition) is 3. The molecule has 0 saturated heterocycles. The summed E-state index contributed by atoms with van der Waals surface area (Å²) in [6, 6.07) is 1.64. The first-order chi connectivity index (χ1) is 7.95. The van der Waals surface area contributed by atoms with E-state index in [4.69, 9.17) is 10.8 Å². The van der Waals surface area contributed by atoms with Crippen LogP contribution >= 0.6 is 0 Å². The van der Waals surface area contributed by atoms with Crippen molar-refractivity contribution >= 4 is 5.97 Å². The number of nitrogens with two attached hydrogens (primary N) is 1. The van der Waals surface area contributed by atoms with E-state index in [1.807, 2.05) is 0 Å². The highest BCUT2D eigenvalue weighted by Gasteiger charge is 2.23. The van der Waals surface area contributed by atoms with Gasteiger partial charge in [0.05, 0.1) is 12.5 Å². The highest BCUT2D eigenvalue weighted by atomic mass is 19.1. The third-order valence-electron chi connectivity index (χ3n) is 2.45. The van der Waals surface area contributed by atoms with Crippen LogP contribution in [-0.4, -0.2) is 24.2 Å². The molecule has 6 heteroatoms. The minimum Gasteiger partial charge on any atom is -0.481 e. The first kappa shape index (κ1) is 13.5. The maximum absolute atomic E-state index is 13.5. The summed E-state index contributed by atoms with van der Waals surface area (Å²) in [7, 11) is 1.54. The summed E-state index contributed by atoms with van der Waals surface area (Å²) in [5.41, 5.74) is 5.82. The summed E-state index contributed by atoms with van der Waals surface area (Å²) in [5, 5.41) is 11.4. The third kappa shape index (κ3) is 3.47. The predicted molar refractivity (Wildman–Crippen MR) is 58.4 cm³/mol. The van der Waals surface area contributed by atoms with Crippen molar-refractivity contribution < 1.29 is 18.7 Å². The molecule has 0 aliphatic rings. The molecule has 0 radical (unpaired) electrons. The van der Waals surface area contributed by atoms with Gasteiger partial charge in [-0.2, -0.15) is 0 Å². The van der Waals surface area contributed by atoms with Gasteiger partial charge in [-0.15, -0.1) is 0 Å². The van der Waals surface area contributed by atoms with Crippen molar-refractivity contribution in [1.82, 2.24) is 5.32 Å². The van der Waals surface area contributed by atoms with Crippen molar-refractivity contribution in [2.75, 3.05) is 7.05 Å². The minimum absolute atomic E-state index is 0.155. The zero-order valence-electron chi connectivity index (χ0n) is 9.28. The Kier molecular flexibility index (Phi) is 4.53. The lowest BCUT2D eigenvalue weighted by molar-refractivity contribution is -0.137. The molecule has 0 amide bonds. The van der Waals surface area contributed by atoms with Crippen molar-refractivity contribution in [2.24, 2.45) is 5.73 Å². The highest BCUT2D eigenvalue weighted by Crippen LogP contribution is 2.21. The number of halogens is 2. The SMILES string of the molecule is CNC(c1ccc(F)cc1F)C(N)CC(=O)O. The number of carbonyl (C=O) groups is 1. The van der Waals surface area contributed by atoms with Gasteiger partial charge in [-0.05, 0) is 13.1 Å². The quantitative estimate of drug-likeness (QED) is 0.723. The molecule has 0 aliphatic heterocycles. The molecule has 1 rings (SSSR count). The van der Waals surface area contributed by atoms with E-state index in [1.165, 1.54) is 13.1 Å². The van der Waals surface area contributed by atoms with Crippen LogP contribution in [0, 0.1) is 11.6 Å². The van der Waals surface area contributed by atoms with Gasteiger partial charge in [0.1, 0.15) is 11.6 Å². The van der Waals surface area contributed by atoms with E-state index in [9.17, 15) is 13.6 Å². The Bertz CT molecular complexity index is 412. The zero-order chi connectivity index (χ0) is 13.0. The molecule has 17 heavy (non-hydrogen) atoms. The third-order valence-corrected chi connectivity index (χ3v) is 2.45. The number of rotatable bonds is 5. The Morgan fingerprint density at radius 3 is 2.65 bits per heavy atom. The number of hydrogen-bond donors (Lipinski definition) is 3. The van der Waals surface area contributed by atoms with Gasteiger partial charge in [-0.1, -0.05) is 6.07 Å². The molecular weight excluding hydrogens is 230 g/mol. The summed E-state index contributed by atoms with van der Waals surface area (Å²) in [5.74, 6) is -2.50. The van der Waals surface area contributed by atoms with E-state index in [0.29, 0.717) is 0 Å². The summed E-state index contributed by atoms with van der Waals surface area (Å²) in [6.45, 7) is 0. The molecule has 0 aromatic heterocycles. The van der Waals surface area contributed by atoms with Crippen molar-refractivity contribution in [1.29, 1.82) is 0 Å². The van der Waals surface area contributed by atoms with E-state index < -0.39 is 29.7 Å². The van der Waals surface area contributed by atoms with Gasteiger partial charge >= 0.3 is 5.97 Å². The van der Waals surface area contributed by atoms with Gasteiger partial charge in [0.15, 0.2) is 0 Å². The second kappa shape index (κ2) is 5.70. The molecule has 2 unspecified atom stereocenters. The molecule has 0 bridgehead atoms. The van der Waals surface area contributed by atoms with Crippen LogP contribution < -0.4 is 11.1 Å². The molecule has 4 nitrogen and oxygen atoms in total. The van der Waals surface area contributed by atoms with Crippen LogP contribution in [0.5, 0.6) is 0 Å². The van der Waals surface area contributed by atoms with Crippen LogP contribution in [0.3, 0.4) is 0 Å². The summed E-state index contributed by atoms with van der Waals surface area (Å²) < 4.78 is 26.2. The van der Waals surface area contributed by atoms with Gasteiger partial charge in [0, 0.05) is 17.7 Å². The highest BCUT2D eigenvalue weighted by molar-refractivity contribution is 5.67. The Morgan fingerprint density at radius 1 is 1.53 bits per heavy atom. The Hall–Kier alpha value is -1.53. The van der Waals surface area contributed by atoms with E-state index in [2.05, 4.69) is 5.32 Å². The van der Waals surface area contributed by atoms with Crippen LogP contribution in [0.15, 0.2) is 18.2 Å². The number of likely N-dealkylation sites (N-methyl/N-ethyl adjacent to an activating group) is 1. The minimum atomic E-state index is -1.07. The maximum atomic E-state index is 13.5. The predicted octanol–water partition coefficient (Wildman–Crippen LogP) is 1.03. The fourth-order valence-electron chi connectivity index (χ4n) is 1.67. The molecule has 1 aromatic carbocycles. The van der Waals surface area contributed by atoms with Gasteiger partial charge < -0.3 is 16.2 Å². The molecule has 94 valence electrons. The Labute approximate surface area is 97.4 Å². The summed E-state index contributed by atoms with van der Waals surface area (Å²) in [6.07, 6.45) is -0.303. The Morgan fingerprint density at radius 2 is 2.18 bits per heavy atom. The molecule has 0 spiro atoms. The van der Waals surface area contributed by atoms with Gasteiger partial charge in [0.2, 0.25) is 0 Å². The summed E-state index contributed by atoms with van der Waals surface area (Å²) in [4.78, 5) is 10.5. The molecule has 0 aliphatic carbocycles. The van der Waals surface area contributed by atoms with Crippen LogP contribution in [0.2, 0.25) is 0 Å². The molecule has 0 fully saturated rings. The molecule has 1 aromatic rings. The van der Waals surface area contributed by atoms with Crippen molar-refractivity contribution in [2.45, 2.75) is 18.5 Å². The number of carboxylic acid groups (broad SMARTS) is 1. The van der Waals surface area contributed by atoms with Crippen LogP contribution in [0.25, 0.3) is 0 Å². The molecule has 4 N–H and O–H groups in total. The maximum Gasteiger partial charge on any atom is 0.304 e. The lowest BCUT2D eigenvalue weighted by atomic mass is 9.97. The number of nitrogens with one attached hydrogen (secondary N) is 1. The number of benzene rings is 1. The van der Waals surface area contributed by atoms with Gasteiger partial charge in [-0.3, -0.25) is 4.79 Å². The van der Waals surface area contributed by atoms with Crippen molar-refractivity contribution in [3.05, 3.63) is 35.4 Å². The van der Waals surface area contributed by atoms with Crippen molar-refractivity contribution in [3.8, 4) is 0 Å². The monoisotopic (exact) mass is 244 g/mol. The lowest BCUT2D eigenvalue weighted by Gasteiger charge is -2.23. The zero-order valence-corrected chi connectivity index (χ0v) is 9.28. The standard InChI is InChI=1S/C11H14F2N2O2/c1-15-11(9(14)5-10(16)17)7-3-2-6(12)4-8(7)13/h2-4,9,11,15H,5,14H2,1H3,(H,16,17). The first-order valence-corrected chi connectivity index (χ1v) is 5.05. The van der Waals surface area contributed by atoms with E-state index in [0.717, 1.165) is 12.1 Å². The average molecular weight is 244 g/mol. The van der Waals surface area contributed by atoms with E-state index in [-0.39, 0.29) is 12.0 Å². The van der Waals surface area contributed by atoms with Crippen LogP contribution in [0.4, 0.5) is 8.78 Å². The topological polar surface area (TPSA) is 75.3 Å². The van der Waals surface area contributed by atoms with Crippen LogP contribution in [0.1, 0.15) is 18.0 Å². The largest absolute Gasteiger partial charge is 0.481 e. The Balaban J connectivity index is 2.96.